The lowest BCUT2D eigenvalue weighted by molar-refractivity contribution is -0.148. The standard InChI is InChI=1S/C18H34O4/c1-3-4-5-6-7-10-13-16(2)22-18(21)15-12-9-8-11-14-17(19)20/h16H,3-15H2,1-2H3,(H,19,20). The first-order chi connectivity index (χ1) is 10.6. The molecule has 0 aromatic heterocycles. The maximum atomic E-state index is 11.7. The zero-order valence-electron chi connectivity index (χ0n) is 14.4. The number of hydrogen-bond acceptors (Lipinski definition) is 3. The number of aliphatic carboxylic acids is 1. The number of carboxylic acid groups (broad SMARTS) is 1. The number of carbonyl (C=O) groups is 2. The molecule has 1 unspecified atom stereocenters. The molecule has 0 aliphatic carbocycles. The van der Waals surface area contributed by atoms with Crippen molar-refractivity contribution in [2.45, 2.75) is 103 Å². The fraction of sp³-hybridized carbons (Fsp3) is 0.889. The Labute approximate surface area is 135 Å². The Bertz CT molecular complexity index is 289. The molecule has 0 aromatic rings. The van der Waals surface area contributed by atoms with Gasteiger partial charge in [0.05, 0.1) is 6.10 Å². The Morgan fingerprint density at radius 1 is 0.864 bits per heavy atom. The predicted molar refractivity (Wildman–Crippen MR) is 88.9 cm³/mol. The van der Waals surface area contributed by atoms with E-state index in [1.54, 1.807) is 0 Å². The third kappa shape index (κ3) is 15.3. The van der Waals surface area contributed by atoms with Crippen LogP contribution in [-0.4, -0.2) is 23.1 Å². The van der Waals surface area contributed by atoms with E-state index < -0.39 is 5.97 Å². The SMILES string of the molecule is CCCCCCCCC(C)OC(=O)CCCCCCC(=O)O. The van der Waals surface area contributed by atoms with Crippen LogP contribution in [0.1, 0.15) is 97.3 Å². The van der Waals surface area contributed by atoms with Crippen molar-refractivity contribution in [2.75, 3.05) is 0 Å². The average molecular weight is 314 g/mol. The molecule has 0 rings (SSSR count). The van der Waals surface area contributed by atoms with E-state index in [1.165, 1.54) is 32.1 Å². The third-order valence-corrected chi connectivity index (χ3v) is 3.82. The minimum absolute atomic E-state index is 0.0192. The van der Waals surface area contributed by atoms with Crippen molar-refractivity contribution in [3.8, 4) is 0 Å². The molecule has 22 heavy (non-hydrogen) atoms. The summed E-state index contributed by atoms with van der Waals surface area (Å²) in [5.74, 6) is -0.861. The largest absolute Gasteiger partial charge is 0.481 e. The van der Waals surface area contributed by atoms with E-state index in [0.717, 1.165) is 32.1 Å². The number of ether oxygens (including phenoxy) is 1. The van der Waals surface area contributed by atoms with E-state index in [-0.39, 0.29) is 18.5 Å². The summed E-state index contributed by atoms with van der Waals surface area (Å²) in [6.45, 7) is 4.19. The quantitative estimate of drug-likeness (QED) is 0.337. The Hall–Kier alpha value is -1.06. The van der Waals surface area contributed by atoms with Crippen LogP contribution in [0.3, 0.4) is 0 Å². The van der Waals surface area contributed by atoms with Crippen molar-refractivity contribution in [3.63, 3.8) is 0 Å². The molecule has 0 saturated heterocycles. The van der Waals surface area contributed by atoms with Crippen LogP contribution in [0, 0.1) is 0 Å². The lowest BCUT2D eigenvalue weighted by atomic mass is 10.1. The maximum absolute atomic E-state index is 11.7. The Morgan fingerprint density at radius 2 is 1.41 bits per heavy atom. The smallest absolute Gasteiger partial charge is 0.306 e. The van der Waals surface area contributed by atoms with Gasteiger partial charge in [0, 0.05) is 12.8 Å². The molecular formula is C18H34O4. The lowest BCUT2D eigenvalue weighted by Gasteiger charge is -2.13. The summed E-state index contributed by atoms with van der Waals surface area (Å²) in [6.07, 6.45) is 12.4. The van der Waals surface area contributed by atoms with Gasteiger partial charge in [-0.25, -0.2) is 0 Å². The van der Waals surface area contributed by atoms with Crippen LogP contribution in [0.4, 0.5) is 0 Å². The average Bonchev–Trinajstić information content (AvgIpc) is 2.46. The van der Waals surface area contributed by atoms with Crippen molar-refractivity contribution in [3.05, 3.63) is 0 Å². The van der Waals surface area contributed by atoms with E-state index in [9.17, 15) is 9.59 Å². The summed E-state index contributed by atoms with van der Waals surface area (Å²) in [5.41, 5.74) is 0. The van der Waals surface area contributed by atoms with E-state index in [4.69, 9.17) is 9.84 Å². The van der Waals surface area contributed by atoms with Crippen LogP contribution < -0.4 is 0 Å². The Kier molecular flexibility index (Phi) is 14.1. The molecule has 0 spiro atoms. The van der Waals surface area contributed by atoms with Gasteiger partial charge in [0.1, 0.15) is 0 Å². The molecule has 1 atom stereocenters. The molecule has 0 aliphatic heterocycles. The minimum atomic E-state index is -0.747. The predicted octanol–water partition coefficient (Wildman–Crippen LogP) is 5.09. The van der Waals surface area contributed by atoms with Crippen LogP contribution >= 0.6 is 0 Å². The molecule has 0 aliphatic rings. The normalized spacial score (nSPS) is 12.1. The number of unbranched alkanes of at least 4 members (excludes halogenated alkanes) is 8. The first-order valence-electron chi connectivity index (χ1n) is 8.97. The Balaban J connectivity index is 3.40. The summed E-state index contributed by atoms with van der Waals surface area (Å²) in [5, 5.41) is 8.51. The van der Waals surface area contributed by atoms with Gasteiger partial charge in [-0.1, -0.05) is 51.9 Å². The minimum Gasteiger partial charge on any atom is -0.481 e. The second-order valence-corrected chi connectivity index (χ2v) is 6.16. The fourth-order valence-corrected chi connectivity index (χ4v) is 2.45. The van der Waals surface area contributed by atoms with Gasteiger partial charge in [-0.05, 0) is 32.6 Å². The highest BCUT2D eigenvalue weighted by molar-refractivity contribution is 5.69. The molecule has 4 nitrogen and oxygen atoms in total. The topological polar surface area (TPSA) is 63.6 Å². The first kappa shape index (κ1) is 20.9. The van der Waals surface area contributed by atoms with Gasteiger partial charge >= 0.3 is 11.9 Å². The highest BCUT2D eigenvalue weighted by Crippen LogP contribution is 2.12. The van der Waals surface area contributed by atoms with Gasteiger partial charge in [-0.3, -0.25) is 9.59 Å². The zero-order chi connectivity index (χ0) is 16.6. The number of esters is 1. The van der Waals surface area contributed by atoms with Crippen molar-refractivity contribution < 1.29 is 19.4 Å². The molecule has 0 radical (unpaired) electrons. The van der Waals surface area contributed by atoms with Crippen LogP contribution in [0.2, 0.25) is 0 Å². The molecule has 1 N–H and O–H groups in total. The second kappa shape index (κ2) is 14.9. The van der Waals surface area contributed by atoms with Crippen LogP contribution in [-0.2, 0) is 14.3 Å². The highest BCUT2D eigenvalue weighted by Gasteiger charge is 2.09. The molecule has 0 fully saturated rings. The van der Waals surface area contributed by atoms with Gasteiger partial charge in [0.2, 0.25) is 0 Å². The van der Waals surface area contributed by atoms with E-state index >= 15 is 0 Å². The molecule has 4 heteroatoms. The number of carboxylic acids is 1. The highest BCUT2D eigenvalue weighted by atomic mass is 16.5. The van der Waals surface area contributed by atoms with E-state index in [1.807, 2.05) is 6.92 Å². The molecule has 0 aromatic carbocycles. The van der Waals surface area contributed by atoms with Crippen LogP contribution in [0.15, 0.2) is 0 Å². The monoisotopic (exact) mass is 314 g/mol. The summed E-state index contributed by atoms with van der Waals surface area (Å²) in [7, 11) is 0. The second-order valence-electron chi connectivity index (χ2n) is 6.16. The number of rotatable bonds is 15. The van der Waals surface area contributed by atoms with Gasteiger partial charge in [-0.15, -0.1) is 0 Å². The zero-order valence-corrected chi connectivity index (χ0v) is 14.4. The van der Waals surface area contributed by atoms with Gasteiger partial charge < -0.3 is 9.84 Å². The van der Waals surface area contributed by atoms with Gasteiger partial charge in [0.25, 0.3) is 0 Å². The lowest BCUT2D eigenvalue weighted by Crippen LogP contribution is -2.14. The summed E-state index contributed by atoms with van der Waals surface area (Å²) in [6, 6.07) is 0. The van der Waals surface area contributed by atoms with Gasteiger partial charge in [0.15, 0.2) is 0 Å². The maximum Gasteiger partial charge on any atom is 0.306 e. The summed E-state index contributed by atoms with van der Waals surface area (Å²) >= 11 is 0. The molecule has 0 amide bonds. The summed E-state index contributed by atoms with van der Waals surface area (Å²) in [4.78, 5) is 22.0. The number of carbonyl (C=O) groups excluding carboxylic acids is 1. The van der Waals surface area contributed by atoms with Crippen molar-refractivity contribution in [2.24, 2.45) is 0 Å². The van der Waals surface area contributed by atoms with E-state index in [2.05, 4.69) is 6.92 Å². The van der Waals surface area contributed by atoms with Gasteiger partial charge in [-0.2, -0.15) is 0 Å². The fourth-order valence-electron chi connectivity index (χ4n) is 2.45. The van der Waals surface area contributed by atoms with E-state index in [0.29, 0.717) is 12.8 Å². The Morgan fingerprint density at radius 3 is 2.05 bits per heavy atom. The van der Waals surface area contributed by atoms with Crippen molar-refractivity contribution in [1.82, 2.24) is 0 Å². The summed E-state index contributed by atoms with van der Waals surface area (Å²) < 4.78 is 5.39. The molecule has 0 heterocycles. The molecule has 0 bridgehead atoms. The third-order valence-electron chi connectivity index (χ3n) is 3.82. The van der Waals surface area contributed by atoms with Crippen molar-refractivity contribution >= 4 is 11.9 Å². The number of hydrogen-bond donors (Lipinski definition) is 1. The molecular weight excluding hydrogens is 280 g/mol. The van der Waals surface area contributed by atoms with Crippen molar-refractivity contribution in [1.29, 1.82) is 0 Å². The van der Waals surface area contributed by atoms with Crippen LogP contribution in [0.25, 0.3) is 0 Å². The molecule has 130 valence electrons. The first-order valence-corrected chi connectivity index (χ1v) is 8.97. The van der Waals surface area contributed by atoms with Crippen LogP contribution in [0.5, 0.6) is 0 Å². The molecule has 0 saturated carbocycles.